The molecule has 0 saturated carbocycles. The van der Waals surface area contributed by atoms with Crippen LogP contribution in [0.4, 0.5) is 10.1 Å². The third-order valence-corrected chi connectivity index (χ3v) is 3.78. The van der Waals surface area contributed by atoms with Gasteiger partial charge in [0.25, 0.3) is 0 Å². The number of para-hydroxylation sites is 1. The third kappa shape index (κ3) is 3.52. The van der Waals surface area contributed by atoms with Crippen molar-refractivity contribution in [2.75, 3.05) is 11.1 Å². The van der Waals surface area contributed by atoms with Crippen molar-refractivity contribution in [2.24, 2.45) is 0 Å². The average molecular weight is 286 g/mol. The molecule has 0 radical (unpaired) electrons. The average Bonchev–Trinajstić information content (AvgIpc) is 2.48. The van der Waals surface area contributed by atoms with Crippen LogP contribution in [-0.4, -0.2) is 5.75 Å². The predicted octanol–water partition coefficient (Wildman–Crippen LogP) is 4.42. The van der Waals surface area contributed by atoms with Crippen molar-refractivity contribution < 1.29 is 4.39 Å². The Kier molecular flexibility index (Phi) is 5.03. The van der Waals surface area contributed by atoms with Crippen LogP contribution < -0.4 is 5.32 Å². The third-order valence-electron chi connectivity index (χ3n) is 2.82. The number of hydrogen-bond donors (Lipinski definition) is 1. The monoisotopic (exact) mass is 286 g/mol. The van der Waals surface area contributed by atoms with Gasteiger partial charge < -0.3 is 5.32 Å². The van der Waals surface area contributed by atoms with Crippen LogP contribution in [0.25, 0.3) is 0 Å². The van der Waals surface area contributed by atoms with E-state index in [0.29, 0.717) is 6.54 Å². The lowest BCUT2D eigenvalue weighted by atomic mass is 10.1. The number of benzene rings is 2. The van der Waals surface area contributed by atoms with E-state index in [1.165, 1.54) is 11.0 Å². The fourth-order valence-electron chi connectivity index (χ4n) is 1.86. The summed E-state index contributed by atoms with van der Waals surface area (Å²) in [6.45, 7) is 2.68. The highest BCUT2D eigenvalue weighted by molar-refractivity contribution is 7.99. The smallest absolute Gasteiger partial charge is 0.140 e. The van der Waals surface area contributed by atoms with Crippen LogP contribution in [0.15, 0.2) is 47.4 Å². The Balaban J connectivity index is 2.11. The van der Waals surface area contributed by atoms with Gasteiger partial charge in [0.1, 0.15) is 11.9 Å². The highest BCUT2D eigenvalue weighted by Gasteiger charge is 2.04. The first-order valence-electron chi connectivity index (χ1n) is 6.38. The van der Waals surface area contributed by atoms with Crippen molar-refractivity contribution in [1.82, 2.24) is 0 Å². The minimum absolute atomic E-state index is 0.0838. The molecule has 0 saturated heterocycles. The molecule has 102 valence electrons. The number of nitrogens with zero attached hydrogens (tertiary/aromatic N) is 1. The van der Waals surface area contributed by atoms with E-state index in [9.17, 15) is 4.39 Å². The molecule has 1 N–H and O–H groups in total. The summed E-state index contributed by atoms with van der Waals surface area (Å²) in [5, 5.41) is 12.2. The zero-order chi connectivity index (χ0) is 14.4. The molecule has 2 aromatic carbocycles. The lowest BCUT2D eigenvalue weighted by Gasteiger charge is -2.11. The van der Waals surface area contributed by atoms with Crippen molar-refractivity contribution in [3.63, 3.8) is 0 Å². The number of nitrogens with one attached hydrogen (secondary N) is 1. The van der Waals surface area contributed by atoms with E-state index in [0.717, 1.165) is 17.0 Å². The summed E-state index contributed by atoms with van der Waals surface area (Å²) in [4.78, 5) is 1.19. The summed E-state index contributed by atoms with van der Waals surface area (Å²) >= 11 is 1.77. The van der Waals surface area contributed by atoms with Crippen LogP contribution in [0.3, 0.4) is 0 Å². The topological polar surface area (TPSA) is 35.8 Å². The van der Waals surface area contributed by atoms with Crippen LogP contribution >= 0.6 is 11.8 Å². The van der Waals surface area contributed by atoms with Crippen LogP contribution in [0.2, 0.25) is 0 Å². The first-order chi connectivity index (χ1) is 9.74. The van der Waals surface area contributed by atoms with Crippen LogP contribution in [0.5, 0.6) is 0 Å². The number of halogens is 1. The van der Waals surface area contributed by atoms with E-state index >= 15 is 0 Å². The van der Waals surface area contributed by atoms with Gasteiger partial charge in [-0.15, -0.1) is 11.8 Å². The molecule has 0 aliphatic heterocycles. The summed E-state index contributed by atoms with van der Waals surface area (Å²) in [5.74, 6) is 0.534. The van der Waals surface area contributed by atoms with Gasteiger partial charge in [-0.25, -0.2) is 4.39 Å². The molecule has 0 aromatic heterocycles. The molecule has 2 rings (SSSR count). The number of hydrogen-bond acceptors (Lipinski definition) is 3. The molecule has 0 unspecified atom stereocenters. The maximum absolute atomic E-state index is 13.3. The Morgan fingerprint density at radius 1 is 1.25 bits per heavy atom. The molecule has 20 heavy (non-hydrogen) atoms. The highest BCUT2D eigenvalue weighted by Crippen LogP contribution is 2.27. The second-order valence-electron chi connectivity index (χ2n) is 4.21. The van der Waals surface area contributed by atoms with Gasteiger partial charge in [0.15, 0.2) is 0 Å². The second kappa shape index (κ2) is 6.97. The van der Waals surface area contributed by atoms with Gasteiger partial charge in [0, 0.05) is 17.1 Å². The van der Waals surface area contributed by atoms with E-state index in [4.69, 9.17) is 5.26 Å². The zero-order valence-electron chi connectivity index (χ0n) is 11.2. The maximum atomic E-state index is 13.3. The molecule has 0 aliphatic carbocycles. The van der Waals surface area contributed by atoms with Crippen molar-refractivity contribution in [3.8, 4) is 6.07 Å². The Bertz CT molecular complexity index is 635. The van der Waals surface area contributed by atoms with Crippen LogP contribution in [0, 0.1) is 17.1 Å². The molecule has 0 fully saturated rings. The molecule has 4 heteroatoms. The van der Waals surface area contributed by atoms with Crippen molar-refractivity contribution in [1.29, 1.82) is 5.26 Å². The minimum atomic E-state index is -0.474. The van der Waals surface area contributed by atoms with Crippen LogP contribution in [-0.2, 0) is 6.54 Å². The van der Waals surface area contributed by atoms with E-state index in [2.05, 4.69) is 18.3 Å². The van der Waals surface area contributed by atoms with E-state index < -0.39 is 5.82 Å². The maximum Gasteiger partial charge on any atom is 0.140 e. The SMILES string of the molecule is CCSc1ccccc1NCc1ccc(F)c(C#N)c1. The van der Waals surface area contributed by atoms with Gasteiger partial charge in [0.05, 0.1) is 5.56 Å². The molecule has 0 amide bonds. The van der Waals surface area contributed by atoms with Gasteiger partial charge in [0.2, 0.25) is 0 Å². The Morgan fingerprint density at radius 2 is 2.05 bits per heavy atom. The molecule has 0 aliphatic rings. The van der Waals surface area contributed by atoms with Gasteiger partial charge in [-0.3, -0.25) is 0 Å². The summed E-state index contributed by atoms with van der Waals surface area (Å²) in [5.41, 5.74) is 2.03. The number of thioether (sulfide) groups is 1. The summed E-state index contributed by atoms with van der Waals surface area (Å²) in [6.07, 6.45) is 0. The van der Waals surface area contributed by atoms with E-state index in [-0.39, 0.29) is 5.56 Å². The van der Waals surface area contributed by atoms with Crippen molar-refractivity contribution in [2.45, 2.75) is 18.4 Å². The normalized spacial score (nSPS) is 10.1. The molecule has 0 spiro atoms. The summed E-state index contributed by atoms with van der Waals surface area (Å²) in [6, 6.07) is 14.5. The molecule has 2 aromatic rings. The largest absolute Gasteiger partial charge is 0.380 e. The zero-order valence-corrected chi connectivity index (χ0v) is 12.0. The first-order valence-corrected chi connectivity index (χ1v) is 7.37. The number of rotatable bonds is 5. The summed E-state index contributed by atoms with van der Waals surface area (Å²) < 4.78 is 13.3. The second-order valence-corrected chi connectivity index (χ2v) is 5.51. The van der Waals surface area contributed by atoms with Gasteiger partial charge >= 0.3 is 0 Å². The highest BCUT2D eigenvalue weighted by atomic mass is 32.2. The fraction of sp³-hybridized carbons (Fsp3) is 0.188. The molecule has 0 heterocycles. The van der Waals surface area contributed by atoms with Gasteiger partial charge in [-0.05, 0) is 35.6 Å². The Morgan fingerprint density at radius 3 is 2.80 bits per heavy atom. The standard InChI is InChI=1S/C16H15FN2S/c1-2-20-16-6-4-3-5-15(16)19-11-12-7-8-14(17)13(9-12)10-18/h3-9,19H,2,11H2,1H3. The Labute approximate surface area is 122 Å². The molecule has 0 atom stereocenters. The number of anilines is 1. The van der Waals surface area contributed by atoms with Crippen LogP contribution in [0.1, 0.15) is 18.1 Å². The van der Waals surface area contributed by atoms with Gasteiger partial charge in [-0.1, -0.05) is 25.1 Å². The lowest BCUT2D eigenvalue weighted by Crippen LogP contribution is -2.01. The lowest BCUT2D eigenvalue weighted by molar-refractivity contribution is 0.623. The van der Waals surface area contributed by atoms with Crippen molar-refractivity contribution in [3.05, 3.63) is 59.4 Å². The first kappa shape index (κ1) is 14.4. The molecular weight excluding hydrogens is 271 g/mol. The fourth-order valence-corrected chi connectivity index (χ4v) is 2.64. The minimum Gasteiger partial charge on any atom is -0.380 e. The quantitative estimate of drug-likeness (QED) is 0.826. The predicted molar refractivity (Wildman–Crippen MR) is 81.3 cm³/mol. The summed E-state index contributed by atoms with van der Waals surface area (Å²) in [7, 11) is 0. The molecule has 0 bridgehead atoms. The molecular formula is C16H15FN2S. The molecule has 2 nitrogen and oxygen atoms in total. The van der Waals surface area contributed by atoms with E-state index in [1.54, 1.807) is 23.9 Å². The van der Waals surface area contributed by atoms with E-state index in [1.807, 2.05) is 24.3 Å². The van der Waals surface area contributed by atoms with Crippen molar-refractivity contribution >= 4 is 17.4 Å². The number of nitriles is 1. The van der Waals surface area contributed by atoms with Gasteiger partial charge in [-0.2, -0.15) is 5.26 Å². The Hall–Kier alpha value is -1.99.